The summed E-state index contributed by atoms with van der Waals surface area (Å²) >= 11 is 0. The molecular weight excluding hydrogens is 290 g/mol. The van der Waals surface area contributed by atoms with Crippen LogP contribution in [0.1, 0.15) is 15.9 Å². The fraction of sp³-hybridized carbons (Fsp3) is 0.0588. The summed E-state index contributed by atoms with van der Waals surface area (Å²) < 4.78 is 0. The molecule has 0 spiro atoms. The summed E-state index contributed by atoms with van der Waals surface area (Å²) in [6, 6.07) is 16.3. The Bertz CT molecular complexity index is 760. The highest BCUT2D eigenvalue weighted by Crippen LogP contribution is 2.09. The minimum atomic E-state index is -0.212. The molecule has 0 saturated carbocycles. The number of nitrogens with zero attached hydrogens (tertiary/aromatic N) is 3. The molecule has 0 aliphatic heterocycles. The van der Waals surface area contributed by atoms with Gasteiger partial charge in [-0.3, -0.25) is 9.78 Å². The van der Waals surface area contributed by atoms with Crippen LogP contribution < -0.4 is 10.6 Å². The largest absolute Gasteiger partial charge is 0.364 e. The van der Waals surface area contributed by atoms with Crippen molar-refractivity contribution in [3.8, 4) is 0 Å². The fourth-order valence-electron chi connectivity index (χ4n) is 1.97. The van der Waals surface area contributed by atoms with E-state index in [1.807, 2.05) is 30.3 Å². The van der Waals surface area contributed by atoms with Crippen LogP contribution in [0.15, 0.2) is 67.0 Å². The summed E-state index contributed by atoms with van der Waals surface area (Å²) in [7, 11) is 0. The number of hydrogen-bond donors (Lipinski definition) is 2. The van der Waals surface area contributed by atoms with E-state index >= 15 is 0 Å². The maximum absolute atomic E-state index is 12.0. The summed E-state index contributed by atoms with van der Waals surface area (Å²) in [5, 5.41) is 13.9. The lowest BCUT2D eigenvalue weighted by atomic mass is 10.2. The number of carbonyl (C=O) groups is 1. The van der Waals surface area contributed by atoms with Gasteiger partial charge in [0.25, 0.3) is 5.91 Å². The molecule has 0 aliphatic rings. The van der Waals surface area contributed by atoms with Gasteiger partial charge in [0.15, 0.2) is 5.82 Å². The second-order valence-electron chi connectivity index (χ2n) is 4.84. The van der Waals surface area contributed by atoms with E-state index in [1.54, 1.807) is 36.7 Å². The lowest BCUT2D eigenvalue weighted by Crippen LogP contribution is -2.13. The molecule has 23 heavy (non-hydrogen) atoms. The van der Waals surface area contributed by atoms with E-state index in [4.69, 9.17) is 0 Å². The molecule has 2 N–H and O–H groups in total. The third-order valence-corrected chi connectivity index (χ3v) is 3.14. The normalized spacial score (nSPS) is 10.1. The summed E-state index contributed by atoms with van der Waals surface area (Å²) in [6.07, 6.45) is 3.52. The number of aromatic nitrogens is 3. The highest BCUT2D eigenvalue weighted by atomic mass is 16.1. The maximum atomic E-state index is 12.0. The van der Waals surface area contributed by atoms with Crippen molar-refractivity contribution in [2.24, 2.45) is 0 Å². The molecule has 1 amide bonds. The van der Waals surface area contributed by atoms with Crippen molar-refractivity contribution < 1.29 is 4.79 Å². The molecule has 114 valence electrons. The Morgan fingerprint density at radius 2 is 1.70 bits per heavy atom. The summed E-state index contributed by atoms with van der Waals surface area (Å²) in [5.41, 5.74) is 1.63. The summed E-state index contributed by atoms with van der Waals surface area (Å²) in [5.74, 6) is 0.827. The quantitative estimate of drug-likeness (QED) is 0.757. The molecule has 2 aromatic heterocycles. The first-order chi connectivity index (χ1) is 11.3. The Morgan fingerprint density at radius 1 is 0.913 bits per heavy atom. The zero-order valence-corrected chi connectivity index (χ0v) is 12.3. The van der Waals surface area contributed by atoms with E-state index in [0.29, 0.717) is 23.7 Å². The van der Waals surface area contributed by atoms with Crippen molar-refractivity contribution in [2.75, 3.05) is 10.6 Å². The van der Waals surface area contributed by atoms with Gasteiger partial charge in [-0.15, -0.1) is 10.2 Å². The van der Waals surface area contributed by atoms with Crippen molar-refractivity contribution in [3.63, 3.8) is 0 Å². The highest BCUT2D eigenvalue weighted by molar-refractivity contribution is 6.03. The van der Waals surface area contributed by atoms with Crippen LogP contribution in [0.2, 0.25) is 0 Å². The zero-order valence-electron chi connectivity index (χ0n) is 12.3. The first-order valence-electron chi connectivity index (χ1n) is 7.14. The van der Waals surface area contributed by atoms with Crippen molar-refractivity contribution in [1.82, 2.24) is 15.2 Å². The minimum absolute atomic E-state index is 0.212. The Hall–Kier alpha value is -3.28. The molecule has 6 nitrogen and oxygen atoms in total. The molecule has 0 aliphatic carbocycles. The number of carbonyl (C=O) groups excluding carboxylic acids is 1. The lowest BCUT2D eigenvalue weighted by molar-refractivity contribution is 0.102. The second kappa shape index (κ2) is 7.13. The van der Waals surface area contributed by atoms with Crippen LogP contribution in [0.25, 0.3) is 0 Å². The first kappa shape index (κ1) is 14.6. The van der Waals surface area contributed by atoms with Crippen LogP contribution in [0.3, 0.4) is 0 Å². The lowest BCUT2D eigenvalue weighted by Gasteiger charge is -2.06. The number of hydrogen-bond acceptors (Lipinski definition) is 5. The Morgan fingerprint density at radius 3 is 2.39 bits per heavy atom. The Kier molecular flexibility index (Phi) is 4.54. The van der Waals surface area contributed by atoms with Gasteiger partial charge in [-0.1, -0.05) is 24.3 Å². The van der Waals surface area contributed by atoms with Gasteiger partial charge in [-0.25, -0.2) is 0 Å². The standard InChI is InChI=1S/C17H15N5O/c23-17(14-6-2-1-3-7-14)20-16-9-8-15(21-22-16)19-12-13-5-4-10-18-11-13/h1-11H,12H2,(H,19,21)(H,20,22,23). The maximum Gasteiger partial charge on any atom is 0.256 e. The number of anilines is 2. The van der Waals surface area contributed by atoms with Gasteiger partial charge in [0.05, 0.1) is 0 Å². The summed E-state index contributed by atoms with van der Waals surface area (Å²) in [4.78, 5) is 16.1. The molecule has 3 aromatic rings. The van der Waals surface area contributed by atoms with E-state index in [1.165, 1.54) is 0 Å². The topological polar surface area (TPSA) is 79.8 Å². The molecule has 0 atom stereocenters. The van der Waals surface area contributed by atoms with Gasteiger partial charge < -0.3 is 10.6 Å². The number of nitrogens with one attached hydrogen (secondary N) is 2. The molecule has 0 fully saturated rings. The van der Waals surface area contributed by atoms with E-state index in [-0.39, 0.29) is 5.91 Å². The number of rotatable bonds is 5. The second-order valence-corrected chi connectivity index (χ2v) is 4.84. The molecule has 1 aromatic carbocycles. The third kappa shape index (κ3) is 4.10. The van der Waals surface area contributed by atoms with Gasteiger partial charge in [-0.05, 0) is 35.9 Å². The third-order valence-electron chi connectivity index (χ3n) is 3.14. The molecule has 2 heterocycles. The van der Waals surface area contributed by atoms with Crippen LogP contribution in [0.4, 0.5) is 11.6 Å². The number of pyridine rings is 1. The SMILES string of the molecule is O=C(Nc1ccc(NCc2cccnc2)nn1)c1ccccc1. The zero-order chi connectivity index (χ0) is 15.9. The van der Waals surface area contributed by atoms with E-state index in [9.17, 15) is 4.79 Å². The van der Waals surface area contributed by atoms with Crippen molar-refractivity contribution in [3.05, 3.63) is 78.1 Å². The van der Waals surface area contributed by atoms with Crippen LogP contribution in [-0.2, 0) is 6.54 Å². The minimum Gasteiger partial charge on any atom is -0.364 e. The van der Waals surface area contributed by atoms with Crippen LogP contribution in [0, 0.1) is 0 Å². The van der Waals surface area contributed by atoms with E-state index in [2.05, 4.69) is 25.8 Å². The van der Waals surface area contributed by atoms with Gasteiger partial charge >= 0.3 is 0 Å². The van der Waals surface area contributed by atoms with Crippen LogP contribution >= 0.6 is 0 Å². The molecule has 0 saturated heterocycles. The fourth-order valence-corrected chi connectivity index (χ4v) is 1.97. The first-order valence-corrected chi connectivity index (χ1v) is 7.14. The Labute approximate surface area is 133 Å². The van der Waals surface area contributed by atoms with Gasteiger partial charge in [0.1, 0.15) is 5.82 Å². The summed E-state index contributed by atoms with van der Waals surface area (Å²) in [6.45, 7) is 0.609. The van der Waals surface area contributed by atoms with Crippen molar-refractivity contribution >= 4 is 17.5 Å². The highest BCUT2D eigenvalue weighted by Gasteiger charge is 2.06. The van der Waals surface area contributed by atoms with Crippen LogP contribution in [-0.4, -0.2) is 21.1 Å². The number of amides is 1. The van der Waals surface area contributed by atoms with Crippen molar-refractivity contribution in [2.45, 2.75) is 6.54 Å². The molecule has 3 rings (SSSR count). The average Bonchev–Trinajstić information content (AvgIpc) is 2.63. The monoisotopic (exact) mass is 305 g/mol. The van der Waals surface area contributed by atoms with Gasteiger partial charge in [0.2, 0.25) is 0 Å². The predicted octanol–water partition coefficient (Wildman–Crippen LogP) is 2.74. The molecule has 6 heteroatoms. The van der Waals surface area contributed by atoms with E-state index in [0.717, 1.165) is 5.56 Å². The molecular formula is C17H15N5O. The molecule has 0 bridgehead atoms. The predicted molar refractivity (Wildman–Crippen MR) is 88.0 cm³/mol. The molecule has 0 radical (unpaired) electrons. The van der Waals surface area contributed by atoms with Gasteiger partial charge in [-0.2, -0.15) is 0 Å². The van der Waals surface area contributed by atoms with Crippen LogP contribution in [0.5, 0.6) is 0 Å². The molecule has 0 unspecified atom stereocenters. The van der Waals surface area contributed by atoms with Gasteiger partial charge in [0, 0.05) is 24.5 Å². The van der Waals surface area contributed by atoms with E-state index < -0.39 is 0 Å². The van der Waals surface area contributed by atoms with Crippen molar-refractivity contribution in [1.29, 1.82) is 0 Å². The number of benzene rings is 1. The smallest absolute Gasteiger partial charge is 0.256 e. The average molecular weight is 305 g/mol. The Balaban J connectivity index is 1.58.